The lowest BCUT2D eigenvalue weighted by atomic mass is 9.91. The number of sulfonamides is 1. The fourth-order valence-corrected chi connectivity index (χ4v) is 5.24. The monoisotopic (exact) mass is 390 g/mol. The topological polar surface area (TPSA) is 66.5 Å². The molecule has 0 saturated carbocycles. The van der Waals surface area contributed by atoms with Crippen molar-refractivity contribution in [3.63, 3.8) is 0 Å². The van der Waals surface area contributed by atoms with E-state index >= 15 is 0 Å². The Hall–Kier alpha value is -2.05. The molecule has 0 aliphatic carbocycles. The quantitative estimate of drug-likeness (QED) is 0.868. The van der Waals surface area contributed by atoms with Crippen LogP contribution in [0.5, 0.6) is 0 Å². The fourth-order valence-electron chi connectivity index (χ4n) is 3.75. The van der Waals surface area contributed by atoms with Gasteiger partial charge < -0.3 is 4.90 Å². The molecule has 2 heterocycles. The number of carbonyl (C=O) groups is 1. The van der Waals surface area contributed by atoms with Crippen LogP contribution in [0, 0.1) is 0 Å². The van der Waals surface area contributed by atoms with E-state index in [2.05, 4.69) is 4.72 Å². The Balaban J connectivity index is 1.63. The highest BCUT2D eigenvalue weighted by Crippen LogP contribution is 2.38. The molecule has 1 N–H and O–H groups in total. The van der Waals surface area contributed by atoms with Crippen LogP contribution < -0.4 is 9.62 Å². The molecule has 0 spiro atoms. The van der Waals surface area contributed by atoms with Gasteiger partial charge in [0.1, 0.15) is 0 Å². The summed E-state index contributed by atoms with van der Waals surface area (Å²) in [5.41, 5.74) is 4.19. The highest BCUT2D eigenvalue weighted by atomic mass is 35.5. The number of halogens is 1. The van der Waals surface area contributed by atoms with Gasteiger partial charge in [0.05, 0.1) is 11.4 Å². The van der Waals surface area contributed by atoms with E-state index in [0.717, 1.165) is 36.2 Å². The predicted molar refractivity (Wildman–Crippen MR) is 103 cm³/mol. The standard InChI is InChI=1S/C19H19ClN2O3S/c20-17-6-2-1-4-15(17)12-26(24,25)21-16-10-13-5-3-9-22-18(23)8-7-14(11-16)19(13)22/h1-2,4,6,10-11,21H,3,5,7-9,12H2. The van der Waals surface area contributed by atoms with Crippen LogP contribution in [-0.4, -0.2) is 20.9 Å². The highest BCUT2D eigenvalue weighted by Gasteiger charge is 2.30. The third-order valence-electron chi connectivity index (χ3n) is 4.85. The molecule has 26 heavy (non-hydrogen) atoms. The van der Waals surface area contributed by atoms with E-state index in [1.165, 1.54) is 0 Å². The van der Waals surface area contributed by atoms with E-state index in [1.54, 1.807) is 24.3 Å². The van der Waals surface area contributed by atoms with Crippen molar-refractivity contribution in [2.45, 2.75) is 31.4 Å². The molecule has 0 radical (unpaired) electrons. The van der Waals surface area contributed by atoms with Gasteiger partial charge in [-0.3, -0.25) is 9.52 Å². The maximum atomic E-state index is 12.6. The van der Waals surface area contributed by atoms with E-state index in [9.17, 15) is 13.2 Å². The largest absolute Gasteiger partial charge is 0.312 e. The van der Waals surface area contributed by atoms with Gasteiger partial charge in [-0.15, -0.1) is 0 Å². The van der Waals surface area contributed by atoms with Crippen LogP contribution in [0.4, 0.5) is 11.4 Å². The van der Waals surface area contributed by atoms with Gasteiger partial charge in [0, 0.05) is 23.7 Å². The molecule has 1 amide bonds. The van der Waals surface area contributed by atoms with E-state index in [-0.39, 0.29) is 11.7 Å². The lowest BCUT2D eigenvalue weighted by Gasteiger charge is -2.35. The van der Waals surface area contributed by atoms with Gasteiger partial charge in [-0.25, -0.2) is 8.42 Å². The number of hydrogen-bond acceptors (Lipinski definition) is 3. The summed E-state index contributed by atoms with van der Waals surface area (Å²) < 4.78 is 27.8. The minimum atomic E-state index is -3.58. The van der Waals surface area contributed by atoms with Crippen LogP contribution in [-0.2, 0) is 33.4 Å². The third kappa shape index (κ3) is 3.31. The van der Waals surface area contributed by atoms with Gasteiger partial charge in [0.25, 0.3) is 0 Å². The molecule has 5 nitrogen and oxygen atoms in total. The third-order valence-corrected chi connectivity index (χ3v) is 6.46. The van der Waals surface area contributed by atoms with Crippen molar-refractivity contribution in [3.8, 4) is 0 Å². The summed E-state index contributed by atoms with van der Waals surface area (Å²) in [4.78, 5) is 14.0. The second-order valence-electron chi connectivity index (χ2n) is 6.74. The number of nitrogens with zero attached hydrogens (tertiary/aromatic N) is 1. The predicted octanol–water partition coefficient (Wildman–Crippen LogP) is 3.51. The fraction of sp³-hybridized carbons (Fsp3) is 0.316. The van der Waals surface area contributed by atoms with Gasteiger partial charge in [0.15, 0.2) is 0 Å². The van der Waals surface area contributed by atoms with Crippen LogP contribution in [0.2, 0.25) is 5.02 Å². The minimum absolute atomic E-state index is 0.158. The van der Waals surface area contributed by atoms with E-state index in [4.69, 9.17) is 11.6 Å². The number of rotatable bonds is 4. The van der Waals surface area contributed by atoms with E-state index < -0.39 is 10.0 Å². The number of aryl methyl sites for hydroxylation is 2. The summed E-state index contributed by atoms with van der Waals surface area (Å²) in [5, 5.41) is 0.438. The Morgan fingerprint density at radius 2 is 1.81 bits per heavy atom. The van der Waals surface area contributed by atoms with Crippen molar-refractivity contribution in [1.82, 2.24) is 0 Å². The zero-order valence-electron chi connectivity index (χ0n) is 14.2. The first-order valence-electron chi connectivity index (χ1n) is 8.63. The van der Waals surface area contributed by atoms with Crippen molar-refractivity contribution >= 4 is 38.9 Å². The summed E-state index contributed by atoms with van der Waals surface area (Å²) in [5.74, 6) is -0.0190. The minimum Gasteiger partial charge on any atom is -0.312 e. The van der Waals surface area contributed by atoms with Gasteiger partial charge in [-0.05, 0) is 54.2 Å². The van der Waals surface area contributed by atoms with Crippen molar-refractivity contribution in [2.75, 3.05) is 16.2 Å². The van der Waals surface area contributed by atoms with Gasteiger partial charge >= 0.3 is 0 Å². The number of benzene rings is 2. The highest BCUT2D eigenvalue weighted by molar-refractivity contribution is 7.91. The number of carbonyl (C=O) groups excluding carboxylic acids is 1. The molecular weight excluding hydrogens is 372 g/mol. The lowest BCUT2D eigenvalue weighted by molar-refractivity contribution is -0.119. The van der Waals surface area contributed by atoms with Gasteiger partial charge in [0.2, 0.25) is 15.9 Å². The molecule has 136 valence electrons. The molecule has 2 aliphatic heterocycles. The van der Waals surface area contributed by atoms with Crippen molar-refractivity contribution in [1.29, 1.82) is 0 Å². The summed E-state index contributed by atoms with van der Waals surface area (Å²) in [6, 6.07) is 10.6. The average Bonchev–Trinajstić information content (AvgIpc) is 2.59. The molecule has 7 heteroatoms. The number of hydrogen-bond donors (Lipinski definition) is 1. The molecule has 4 rings (SSSR count). The zero-order chi connectivity index (χ0) is 18.3. The van der Waals surface area contributed by atoms with Crippen LogP contribution >= 0.6 is 11.6 Å². The molecule has 0 fully saturated rings. The van der Waals surface area contributed by atoms with E-state index in [0.29, 0.717) is 29.1 Å². The molecule has 0 bridgehead atoms. The Kier molecular flexibility index (Phi) is 4.40. The first-order chi connectivity index (χ1) is 12.4. The smallest absolute Gasteiger partial charge is 0.236 e. The first-order valence-corrected chi connectivity index (χ1v) is 10.7. The maximum Gasteiger partial charge on any atom is 0.236 e. The lowest BCUT2D eigenvalue weighted by Crippen LogP contribution is -2.39. The average molecular weight is 391 g/mol. The van der Waals surface area contributed by atoms with Crippen molar-refractivity contribution in [2.24, 2.45) is 0 Å². The Morgan fingerprint density at radius 3 is 2.58 bits per heavy atom. The molecule has 2 aromatic rings. The second kappa shape index (κ2) is 6.59. The molecule has 0 aromatic heterocycles. The molecular formula is C19H19ClN2O3S. The van der Waals surface area contributed by atoms with Crippen LogP contribution in [0.15, 0.2) is 36.4 Å². The van der Waals surface area contributed by atoms with E-state index in [1.807, 2.05) is 17.0 Å². The number of anilines is 2. The maximum absolute atomic E-state index is 12.6. The summed E-state index contributed by atoms with van der Waals surface area (Å²) in [7, 11) is -3.58. The molecule has 0 saturated heterocycles. The van der Waals surface area contributed by atoms with Crippen LogP contribution in [0.25, 0.3) is 0 Å². The normalized spacial score (nSPS) is 16.3. The molecule has 2 aliphatic rings. The number of amides is 1. The molecule has 2 aromatic carbocycles. The van der Waals surface area contributed by atoms with Crippen molar-refractivity contribution < 1.29 is 13.2 Å². The van der Waals surface area contributed by atoms with Gasteiger partial charge in [-0.1, -0.05) is 29.8 Å². The SMILES string of the molecule is O=C1CCc2cc(NS(=O)(=O)Cc3ccccc3Cl)cc3c2N1CCC3. The Bertz CT molecular complexity index is 971. The summed E-state index contributed by atoms with van der Waals surface area (Å²) >= 11 is 6.08. The Labute approximate surface area is 158 Å². The second-order valence-corrected chi connectivity index (χ2v) is 8.87. The zero-order valence-corrected chi connectivity index (χ0v) is 15.7. The summed E-state index contributed by atoms with van der Waals surface area (Å²) in [6.45, 7) is 0.746. The van der Waals surface area contributed by atoms with Gasteiger partial charge in [-0.2, -0.15) is 0 Å². The van der Waals surface area contributed by atoms with Crippen LogP contribution in [0.3, 0.4) is 0 Å². The Morgan fingerprint density at radius 1 is 1.08 bits per heavy atom. The van der Waals surface area contributed by atoms with Crippen LogP contribution in [0.1, 0.15) is 29.5 Å². The molecule has 0 unspecified atom stereocenters. The molecule has 0 atom stereocenters. The summed E-state index contributed by atoms with van der Waals surface area (Å²) in [6.07, 6.45) is 2.88. The van der Waals surface area contributed by atoms with Crippen molar-refractivity contribution in [3.05, 3.63) is 58.1 Å². The first kappa shape index (κ1) is 17.4. The number of nitrogens with one attached hydrogen (secondary N) is 1.